The normalized spacial score (nSPS) is 11.9. The van der Waals surface area contributed by atoms with E-state index in [0.29, 0.717) is 16.1 Å². The Morgan fingerprint density at radius 3 is 2.74 bits per heavy atom. The Labute approximate surface area is 141 Å². The lowest BCUT2D eigenvalue weighted by Gasteiger charge is -2.17. The second-order valence-electron chi connectivity index (χ2n) is 5.38. The zero-order valence-corrected chi connectivity index (χ0v) is 14.1. The molecule has 0 heterocycles. The van der Waals surface area contributed by atoms with Gasteiger partial charge in [0.2, 0.25) is 0 Å². The molecule has 0 aliphatic carbocycles. The minimum absolute atomic E-state index is 0.174. The van der Waals surface area contributed by atoms with Crippen LogP contribution in [0.1, 0.15) is 28.4 Å². The number of carbonyl (C=O) groups excluding carboxylic acids is 1. The second kappa shape index (κ2) is 7.49. The molecule has 122 valence electrons. The van der Waals surface area contributed by atoms with Crippen molar-refractivity contribution in [2.45, 2.75) is 26.6 Å². The van der Waals surface area contributed by atoms with Crippen LogP contribution in [-0.4, -0.2) is 18.1 Å². The highest BCUT2D eigenvalue weighted by Crippen LogP contribution is 2.28. The first-order valence-electron chi connectivity index (χ1n) is 7.31. The summed E-state index contributed by atoms with van der Waals surface area (Å²) in [6, 6.07) is 11.0. The van der Waals surface area contributed by atoms with Gasteiger partial charge < -0.3 is 15.2 Å². The van der Waals surface area contributed by atoms with Crippen LogP contribution >= 0.6 is 11.6 Å². The fourth-order valence-corrected chi connectivity index (χ4v) is 2.51. The predicted molar refractivity (Wildman–Crippen MR) is 90.7 cm³/mol. The van der Waals surface area contributed by atoms with Crippen molar-refractivity contribution in [1.29, 1.82) is 0 Å². The van der Waals surface area contributed by atoms with Crippen LogP contribution < -0.4 is 10.1 Å². The molecule has 0 aliphatic rings. The number of benzene rings is 2. The van der Waals surface area contributed by atoms with Gasteiger partial charge in [-0.25, -0.2) is 0 Å². The summed E-state index contributed by atoms with van der Waals surface area (Å²) in [6.07, 6.45) is -1.28. The highest BCUT2D eigenvalue weighted by atomic mass is 35.5. The van der Waals surface area contributed by atoms with E-state index in [1.807, 2.05) is 32.0 Å². The smallest absolute Gasteiger partial charge is 0.253 e. The molecule has 0 aliphatic heterocycles. The number of aryl methyl sites for hydroxylation is 2. The van der Waals surface area contributed by atoms with Crippen molar-refractivity contribution in [3.8, 4) is 5.75 Å². The van der Waals surface area contributed by atoms with Gasteiger partial charge in [0.1, 0.15) is 12.4 Å². The van der Waals surface area contributed by atoms with Crippen molar-refractivity contribution in [2.75, 3.05) is 7.05 Å². The van der Waals surface area contributed by atoms with Crippen molar-refractivity contribution >= 4 is 17.5 Å². The second-order valence-corrected chi connectivity index (χ2v) is 5.79. The van der Waals surface area contributed by atoms with Crippen LogP contribution in [0.5, 0.6) is 5.75 Å². The van der Waals surface area contributed by atoms with E-state index in [1.54, 1.807) is 18.2 Å². The molecule has 2 aromatic rings. The largest absolute Gasteiger partial charge is 0.489 e. The molecule has 23 heavy (non-hydrogen) atoms. The third-order valence-corrected chi connectivity index (χ3v) is 4.01. The molecule has 0 saturated heterocycles. The summed E-state index contributed by atoms with van der Waals surface area (Å²) in [5.41, 5.74) is 3.15. The fourth-order valence-electron chi connectivity index (χ4n) is 2.27. The van der Waals surface area contributed by atoms with Crippen LogP contribution in [0, 0.1) is 13.8 Å². The number of likely N-dealkylation sites (N-methyl/N-ethyl adjacent to an activating group) is 1. The summed E-state index contributed by atoms with van der Waals surface area (Å²) in [6.45, 7) is 4.12. The molecule has 0 aromatic heterocycles. The number of aliphatic hydroxyl groups excluding tert-OH is 1. The minimum atomic E-state index is -1.28. The van der Waals surface area contributed by atoms with Crippen LogP contribution in [0.4, 0.5) is 0 Å². The van der Waals surface area contributed by atoms with E-state index in [4.69, 9.17) is 16.3 Å². The number of hydrogen-bond donors (Lipinski definition) is 2. The molecular weight excluding hydrogens is 314 g/mol. The number of nitrogens with one attached hydrogen (secondary N) is 1. The summed E-state index contributed by atoms with van der Waals surface area (Å²) >= 11 is 6.24. The van der Waals surface area contributed by atoms with Gasteiger partial charge in [0.25, 0.3) is 5.91 Å². The van der Waals surface area contributed by atoms with Gasteiger partial charge in [0.05, 0.1) is 0 Å². The lowest BCUT2D eigenvalue weighted by atomic mass is 10.0. The highest BCUT2D eigenvalue weighted by molar-refractivity contribution is 6.31. The Morgan fingerprint density at radius 1 is 1.30 bits per heavy atom. The number of hydrogen-bond acceptors (Lipinski definition) is 3. The Kier molecular flexibility index (Phi) is 5.64. The lowest BCUT2D eigenvalue weighted by molar-refractivity contribution is -0.129. The van der Waals surface area contributed by atoms with Crippen LogP contribution in [0.15, 0.2) is 36.4 Å². The van der Waals surface area contributed by atoms with Crippen molar-refractivity contribution in [2.24, 2.45) is 0 Å². The van der Waals surface area contributed by atoms with Crippen LogP contribution in [0.2, 0.25) is 5.02 Å². The maximum absolute atomic E-state index is 11.7. The molecule has 1 unspecified atom stereocenters. The average molecular weight is 334 g/mol. The standard InChI is InChI=1S/C18H20ClNO3/c1-11-7-8-12(2)16(9-11)23-10-14-13(5-4-6-15(14)19)17(21)18(22)20-3/h4-9,17,21H,10H2,1-3H3,(H,20,22). The third kappa shape index (κ3) is 4.03. The molecule has 5 heteroatoms. The molecule has 4 nitrogen and oxygen atoms in total. The first-order valence-corrected chi connectivity index (χ1v) is 7.69. The Morgan fingerprint density at radius 2 is 2.04 bits per heavy atom. The number of aliphatic hydroxyl groups is 1. The first-order chi connectivity index (χ1) is 10.9. The molecule has 0 saturated carbocycles. The maximum Gasteiger partial charge on any atom is 0.253 e. The highest BCUT2D eigenvalue weighted by Gasteiger charge is 2.21. The average Bonchev–Trinajstić information content (AvgIpc) is 2.55. The van der Waals surface area contributed by atoms with Crippen molar-refractivity contribution < 1.29 is 14.6 Å². The number of carbonyl (C=O) groups is 1. The summed E-state index contributed by atoms with van der Waals surface area (Å²) in [5, 5.41) is 13.0. The van der Waals surface area contributed by atoms with Gasteiger partial charge in [0.15, 0.2) is 6.10 Å². The molecule has 2 rings (SSSR count). The van der Waals surface area contributed by atoms with E-state index in [2.05, 4.69) is 5.32 Å². The van der Waals surface area contributed by atoms with E-state index in [9.17, 15) is 9.90 Å². The fraction of sp³-hybridized carbons (Fsp3) is 0.278. The van der Waals surface area contributed by atoms with E-state index in [1.165, 1.54) is 7.05 Å². The van der Waals surface area contributed by atoms with Crippen LogP contribution in [0.3, 0.4) is 0 Å². The summed E-state index contributed by atoms with van der Waals surface area (Å²) in [7, 11) is 1.47. The van der Waals surface area contributed by atoms with Gasteiger partial charge in [-0.15, -0.1) is 0 Å². The third-order valence-electron chi connectivity index (χ3n) is 3.66. The van der Waals surface area contributed by atoms with Crippen LogP contribution in [0.25, 0.3) is 0 Å². The van der Waals surface area contributed by atoms with Crippen molar-refractivity contribution in [1.82, 2.24) is 5.32 Å². The SMILES string of the molecule is CNC(=O)C(O)c1cccc(Cl)c1COc1cc(C)ccc1C. The van der Waals surface area contributed by atoms with E-state index < -0.39 is 12.0 Å². The minimum Gasteiger partial charge on any atom is -0.489 e. The molecule has 2 N–H and O–H groups in total. The number of rotatable bonds is 5. The molecule has 0 spiro atoms. The first kappa shape index (κ1) is 17.3. The molecular formula is C18H20ClNO3. The quantitative estimate of drug-likeness (QED) is 0.882. The molecule has 0 radical (unpaired) electrons. The van der Waals surface area contributed by atoms with E-state index >= 15 is 0 Å². The van der Waals surface area contributed by atoms with Gasteiger partial charge in [-0.05, 0) is 42.7 Å². The van der Waals surface area contributed by atoms with Gasteiger partial charge in [0, 0.05) is 17.6 Å². The maximum atomic E-state index is 11.7. The molecule has 0 fully saturated rings. The van der Waals surface area contributed by atoms with Crippen LogP contribution in [-0.2, 0) is 11.4 Å². The lowest BCUT2D eigenvalue weighted by Crippen LogP contribution is -2.26. The number of halogens is 1. The Bertz CT molecular complexity index is 715. The predicted octanol–water partition coefficient (Wildman–Crippen LogP) is 3.32. The van der Waals surface area contributed by atoms with E-state index in [-0.39, 0.29) is 6.61 Å². The monoisotopic (exact) mass is 333 g/mol. The molecule has 1 amide bonds. The van der Waals surface area contributed by atoms with Gasteiger partial charge >= 0.3 is 0 Å². The van der Waals surface area contributed by atoms with Gasteiger partial charge in [-0.1, -0.05) is 35.9 Å². The topological polar surface area (TPSA) is 58.6 Å². The zero-order chi connectivity index (χ0) is 17.0. The Balaban J connectivity index is 2.29. The van der Waals surface area contributed by atoms with Gasteiger partial charge in [-0.3, -0.25) is 4.79 Å². The summed E-state index contributed by atoms with van der Waals surface area (Å²) in [4.78, 5) is 11.7. The number of ether oxygens (including phenoxy) is 1. The molecule has 1 atom stereocenters. The van der Waals surface area contributed by atoms with Gasteiger partial charge in [-0.2, -0.15) is 0 Å². The Hall–Kier alpha value is -2.04. The molecule has 0 bridgehead atoms. The summed E-state index contributed by atoms with van der Waals surface area (Å²) < 4.78 is 5.86. The number of amides is 1. The van der Waals surface area contributed by atoms with E-state index in [0.717, 1.165) is 16.9 Å². The molecule has 2 aromatic carbocycles. The zero-order valence-electron chi connectivity index (χ0n) is 13.4. The van der Waals surface area contributed by atoms with Crippen molar-refractivity contribution in [3.63, 3.8) is 0 Å². The van der Waals surface area contributed by atoms with Crippen molar-refractivity contribution in [3.05, 3.63) is 63.7 Å². The summed E-state index contributed by atoms with van der Waals surface area (Å²) in [5.74, 6) is 0.269.